The molecule has 0 aliphatic carbocycles. The third-order valence-electron chi connectivity index (χ3n) is 3.02. The molecule has 1 aliphatic heterocycles. The molecule has 0 unspecified atom stereocenters. The summed E-state index contributed by atoms with van der Waals surface area (Å²) in [5.74, 6) is -0.819. The molecule has 0 amide bonds. The summed E-state index contributed by atoms with van der Waals surface area (Å²) >= 11 is 12.0. The second kappa shape index (κ2) is 5.89. The Morgan fingerprint density at radius 1 is 1.50 bits per heavy atom. The van der Waals surface area contributed by atoms with Gasteiger partial charge in [-0.25, -0.2) is 0 Å². The number of hydrogen-bond acceptors (Lipinski definition) is 3. The zero-order valence-electron chi connectivity index (χ0n) is 9.70. The predicted octanol–water partition coefficient (Wildman–Crippen LogP) is 1.85. The van der Waals surface area contributed by atoms with Crippen LogP contribution in [0.25, 0.3) is 0 Å². The lowest BCUT2D eigenvalue weighted by Gasteiger charge is -2.33. The third-order valence-corrected chi connectivity index (χ3v) is 3.62. The summed E-state index contributed by atoms with van der Waals surface area (Å²) in [6.45, 7) is 2.41. The molecule has 1 aliphatic rings. The third kappa shape index (κ3) is 3.14. The molecule has 0 spiro atoms. The average Bonchev–Trinajstić information content (AvgIpc) is 2.34. The summed E-state index contributed by atoms with van der Waals surface area (Å²) in [4.78, 5) is 13.1. The lowest BCUT2D eigenvalue weighted by atomic mass is 10.1. The van der Waals surface area contributed by atoms with Crippen LogP contribution < -0.4 is 5.32 Å². The Kier molecular flexibility index (Phi) is 4.45. The van der Waals surface area contributed by atoms with Gasteiger partial charge in [0, 0.05) is 36.2 Å². The average molecular weight is 289 g/mol. The summed E-state index contributed by atoms with van der Waals surface area (Å²) in [5, 5.41) is 13.5. The highest BCUT2D eigenvalue weighted by atomic mass is 35.5. The summed E-state index contributed by atoms with van der Waals surface area (Å²) in [5.41, 5.74) is 0.859. The summed E-state index contributed by atoms with van der Waals surface area (Å²) in [6.07, 6.45) is 0. The van der Waals surface area contributed by atoms with E-state index in [1.165, 1.54) is 0 Å². The number of carboxylic acids is 1. The second-order valence-corrected chi connectivity index (χ2v) is 5.11. The molecule has 1 aromatic carbocycles. The zero-order chi connectivity index (χ0) is 13.1. The second-order valence-electron chi connectivity index (χ2n) is 4.26. The molecule has 1 fully saturated rings. The Morgan fingerprint density at radius 2 is 2.28 bits per heavy atom. The van der Waals surface area contributed by atoms with Gasteiger partial charge in [0.15, 0.2) is 0 Å². The number of benzene rings is 1. The van der Waals surface area contributed by atoms with Crippen molar-refractivity contribution in [2.45, 2.75) is 12.6 Å². The number of piperazine rings is 1. The first-order valence-electron chi connectivity index (χ1n) is 5.69. The molecule has 4 nitrogen and oxygen atoms in total. The lowest BCUT2D eigenvalue weighted by Crippen LogP contribution is -2.54. The van der Waals surface area contributed by atoms with Crippen LogP contribution in [0.3, 0.4) is 0 Å². The number of carbonyl (C=O) groups is 1. The summed E-state index contributed by atoms with van der Waals surface area (Å²) in [6, 6.07) is 4.72. The highest BCUT2D eigenvalue weighted by molar-refractivity contribution is 6.33. The Hall–Kier alpha value is -0.810. The van der Waals surface area contributed by atoms with Crippen molar-refractivity contribution < 1.29 is 9.90 Å². The van der Waals surface area contributed by atoms with Crippen molar-refractivity contribution in [3.63, 3.8) is 0 Å². The van der Waals surface area contributed by atoms with Gasteiger partial charge in [-0.05, 0) is 23.8 Å². The van der Waals surface area contributed by atoms with Crippen LogP contribution in [-0.2, 0) is 11.3 Å². The number of rotatable bonds is 3. The number of nitrogens with zero attached hydrogens (tertiary/aromatic N) is 1. The number of hydrogen-bond donors (Lipinski definition) is 2. The van der Waals surface area contributed by atoms with Crippen LogP contribution in [0.2, 0.25) is 10.0 Å². The fourth-order valence-corrected chi connectivity index (χ4v) is 2.43. The minimum atomic E-state index is -0.819. The van der Waals surface area contributed by atoms with E-state index in [2.05, 4.69) is 5.32 Å². The van der Waals surface area contributed by atoms with Gasteiger partial charge < -0.3 is 10.4 Å². The summed E-state index contributed by atoms with van der Waals surface area (Å²) in [7, 11) is 0. The van der Waals surface area contributed by atoms with Crippen molar-refractivity contribution in [2.24, 2.45) is 0 Å². The van der Waals surface area contributed by atoms with Gasteiger partial charge in [-0.15, -0.1) is 0 Å². The van der Waals surface area contributed by atoms with Crippen LogP contribution in [0.15, 0.2) is 18.2 Å². The maximum absolute atomic E-state index is 11.2. The molecule has 2 N–H and O–H groups in total. The largest absolute Gasteiger partial charge is 0.480 e. The van der Waals surface area contributed by atoms with Crippen molar-refractivity contribution in [2.75, 3.05) is 19.6 Å². The van der Waals surface area contributed by atoms with E-state index in [1.54, 1.807) is 18.2 Å². The number of halogens is 2. The SMILES string of the molecule is O=C(O)[C@@H]1CNCCN1Cc1cc(Cl)ccc1Cl. The molecule has 98 valence electrons. The first kappa shape index (κ1) is 13.6. The van der Waals surface area contributed by atoms with E-state index >= 15 is 0 Å². The van der Waals surface area contributed by atoms with Gasteiger partial charge in [0.05, 0.1) is 0 Å². The van der Waals surface area contributed by atoms with E-state index < -0.39 is 12.0 Å². The number of nitrogens with one attached hydrogen (secondary N) is 1. The highest BCUT2D eigenvalue weighted by Crippen LogP contribution is 2.23. The topological polar surface area (TPSA) is 52.6 Å². The van der Waals surface area contributed by atoms with Crippen molar-refractivity contribution in [3.05, 3.63) is 33.8 Å². The lowest BCUT2D eigenvalue weighted by molar-refractivity contribution is -0.144. The van der Waals surface area contributed by atoms with Gasteiger partial charge >= 0.3 is 5.97 Å². The minimum absolute atomic E-state index is 0.452. The quantitative estimate of drug-likeness (QED) is 0.891. The molecule has 1 atom stereocenters. The molecule has 0 bridgehead atoms. The Labute approximate surface area is 115 Å². The molecular formula is C12H14Cl2N2O2. The van der Waals surface area contributed by atoms with Gasteiger partial charge in [0.2, 0.25) is 0 Å². The molecule has 1 aromatic rings. The molecular weight excluding hydrogens is 275 g/mol. The smallest absolute Gasteiger partial charge is 0.322 e. The van der Waals surface area contributed by atoms with Crippen molar-refractivity contribution in [1.82, 2.24) is 10.2 Å². The molecule has 2 rings (SSSR count). The standard InChI is InChI=1S/C12H14Cl2N2O2/c13-9-1-2-10(14)8(5-9)7-16-4-3-15-6-11(16)12(17)18/h1-2,5,11,15H,3-4,6-7H2,(H,17,18)/t11-/m0/s1. The van der Waals surface area contributed by atoms with Gasteiger partial charge in [-0.2, -0.15) is 0 Å². The van der Waals surface area contributed by atoms with Gasteiger partial charge in [-0.3, -0.25) is 9.69 Å². The first-order valence-corrected chi connectivity index (χ1v) is 6.45. The molecule has 18 heavy (non-hydrogen) atoms. The Morgan fingerprint density at radius 3 is 3.00 bits per heavy atom. The molecule has 1 saturated heterocycles. The fourth-order valence-electron chi connectivity index (χ4n) is 2.06. The first-order chi connectivity index (χ1) is 8.58. The van der Waals surface area contributed by atoms with E-state index in [0.717, 1.165) is 12.1 Å². The van der Waals surface area contributed by atoms with Crippen LogP contribution in [-0.4, -0.2) is 41.7 Å². The van der Waals surface area contributed by atoms with Crippen LogP contribution in [0, 0.1) is 0 Å². The molecule has 0 radical (unpaired) electrons. The molecule has 0 saturated carbocycles. The predicted molar refractivity (Wildman–Crippen MR) is 71.2 cm³/mol. The Bertz CT molecular complexity index is 454. The van der Waals surface area contributed by atoms with E-state index in [-0.39, 0.29) is 0 Å². The number of carboxylic acid groups (broad SMARTS) is 1. The van der Waals surface area contributed by atoms with Gasteiger partial charge in [0.25, 0.3) is 0 Å². The fraction of sp³-hybridized carbons (Fsp3) is 0.417. The highest BCUT2D eigenvalue weighted by Gasteiger charge is 2.28. The molecule has 0 aromatic heterocycles. The Balaban J connectivity index is 2.15. The van der Waals surface area contributed by atoms with Crippen molar-refractivity contribution in [3.8, 4) is 0 Å². The van der Waals surface area contributed by atoms with Gasteiger partial charge in [-0.1, -0.05) is 23.2 Å². The van der Waals surface area contributed by atoms with E-state index in [1.807, 2.05) is 4.90 Å². The monoisotopic (exact) mass is 288 g/mol. The van der Waals surface area contributed by atoms with Crippen molar-refractivity contribution in [1.29, 1.82) is 0 Å². The van der Waals surface area contributed by atoms with E-state index in [4.69, 9.17) is 28.3 Å². The van der Waals surface area contributed by atoms with Gasteiger partial charge in [0.1, 0.15) is 6.04 Å². The van der Waals surface area contributed by atoms with Crippen molar-refractivity contribution >= 4 is 29.2 Å². The molecule has 1 heterocycles. The number of aliphatic carboxylic acids is 1. The van der Waals surface area contributed by atoms with Crippen LogP contribution in [0.1, 0.15) is 5.56 Å². The van der Waals surface area contributed by atoms with E-state index in [9.17, 15) is 4.79 Å². The minimum Gasteiger partial charge on any atom is -0.480 e. The van der Waals surface area contributed by atoms with Crippen LogP contribution in [0.4, 0.5) is 0 Å². The normalized spacial score (nSPS) is 20.9. The van der Waals surface area contributed by atoms with Crippen LogP contribution >= 0.6 is 23.2 Å². The van der Waals surface area contributed by atoms with Crippen LogP contribution in [0.5, 0.6) is 0 Å². The summed E-state index contributed by atoms with van der Waals surface area (Å²) < 4.78 is 0. The maximum Gasteiger partial charge on any atom is 0.322 e. The maximum atomic E-state index is 11.2. The zero-order valence-corrected chi connectivity index (χ0v) is 11.2. The molecule has 6 heteroatoms. The van der Waals surface area contributed by atoms with E-state index in [0.29, 0.717) is 29.7 Å².